The van der Waals surface area contributed by atoms with E-state index in [1.165, 1.54) is 7.11 Å². The molecule has 2 nitrogen and oxygen atoms in total. The van der Waals surface area contributed by atoms with Crippen LogP contribution >= 0.6 is 0 Å². The number of hydrogen-bond acceptors (Lipinski definition) is 2. The second kappa shape index (κ2) is 18.2. The molecule has 0 spiro atoms. The van der Waals surface area contributed by atoms with E-state index in [4.69, 9.17) is 9.47 Å². The summed E-state index contributed by atoms with van der Waals surface area (Å²) in [5.41, 5.74) is 0. The van der Waals surface area contributed by atoms with Crippen LogP contribution in [0.15, 0.2) is 24.7 Å². The third kappa shape index (κ3) is 18.0. The molecule has 0 saturated carbocycles. The lowest BCUT2D eigenvalue weighted by molar-refractivity contribution is -0.0370. The Morgan fingerprint density at radius 3 is 1.93 bits per heavy atom. The normalized spacial score (nSPS) is 13.7. The maximum absolute atomic E-state index is 12.7. The van der Waals surface area contributed by atoms with Crippen molar-refractivity contribution in [2.24, 2.45) is 17.8 Å². The highest BCUT2D eigenvalue weighted by molar-refractivity contribution is 4.98. The molecule has 0 aromatic carbocycles. The molecule has 0 saturated heterocycles. The van der Waals surface area contributed by atoms with Crippen LogP contribution in [-0.2, 0) is 9.47 Å². The Hall–Kier alpha value is -1.13. The number of hydrogen-bond donors (Lipinski definition) is 0. The van der Waals surface area contributed by atoms with Crippen LogP contribution in [0.3, 0.4) is 0 Å². The molecule has 3 atom stereocenters. The molecule has 5 heteroatoms. The molecular weight excluding hydrogens is 353 g/mol. The highest BCUT2D eigenvalue weighted by atomic mass is 19.3. The van der Waals surface area contributed by atoms with Gasteiger partial charge in [-0.25, -0.2) is 8.78 Å². The van der Waals surface area contributed by atoms with E-state index in [9.17, 15) is 13.2 Å². The van der Waals surface area contributed by atoms with Crippen LogP contribution in [0.1, 0.15) is 74.1 Å². The maximum atomic E-state index is 12.7. The lowest BCUT2D eigenvalue weighted by Crippen LogP contribution is -2.21. The topological polar surface area (TPSA) is 18.5 Å². The third-order valence-corrected chi connectivity index (χ3v) is 4.38. The van der Waals surface area contributed by atoms with Crippen molar-refractivity contribution >= 4 is 0 Å². The smallest absolute Gasteiger partial charge is 0.247 e. The van der Waals surface area contributed by atoms with E-state index in [-0.39, 0.29) is 5.92 Å². The van der Waals surface area contributed by atoms with Crippen LogP contribution in [0.5, 0.6) is 0 Å². The zero-order valence-electron chi connectivity index (χ0n) is 18.8. The van der Waals surface area contributed by atoms with Gasteiger partial charge in [0.25, 0.3) is 0 Å². The Balaban J connectivity index is -0.000000391. The van der Waals surface area contributed by atoms with Gasteiger partial charge in [0.1, 0.15) is 0 Å². The van der Waals surface area contributed by atoms with Gasteiger partial charge >= 0.3 is 0 Å². The quantitative estimate of drug-likeness (QED) is 0.313. The van der Waals surface area contributed by atoms with Crippen molar-refractivity contribution in [3.63, 3.8) is 0 Å². The fourth-order valence-corrected chi connectivity index (χ4v) is 1.95. The van der Waals surface area contributed by atoms with E-state index in [1.54, 1.807) is 6.92 Å². The minimum atomic E-state index is -2.51. The molecule has 0 radical (unpaired) electrons. The average Bonchev–Trinajstić information content (AvgIpc) is 2.64. The fourth-order valence-electron chi connectivity index (χ4n) is 1.95. The van der Waals surface area contributed by atoms with Crippen LogP contribution in [-0.4, -0.2) is 26.3 Å². The van der Waals surface area contributed by atoms with Gasteiger partial charge in [-0.05, 0) is 26.2 Å². The summed E-state index contributed by atoms with van der Waals surface area (Å²) < 4.78 is 47.8. The van der Waals surface area contributed by atoms with E-state index in [2.05, 4.69) is 27.0 Å². The molecule has 3 unspecified atom stereocenters. The number of allylic oxidation sites excluding steroid dienone is 2. The minimum absolute atomic E-state index is 0.343. The molecule has 0 aromatic heterocycles. The predicted octanol–water partition coefficient (Wildman–Crippen LogP) is 7.80. The van der Waals surface area contributed by atoms with E-state index < -0.39 is 18.5 Å². The van der Waals surface area contributed by atoms with Gasteiger partial charge in [-0.15, -0.1) is 0 Å². The first kappa shape index (κ1) is 30.6. The summed E-state index contributed by atoms with van der Waals surface area (Å²) in [6.07, 6.45) is 3.07. The molecule has 27 heavy (non-hydrogen) atoms. The molecule has 0 aromatic rings. The van der Waals surface area contributed by atoms with Crippen molar-refractivity contribution in [1.29, 1.82) is 0 Å². The van der Waals surface area contributed by atoms with E-state index in [1.807, 2.05) is 20.8 Å². The Kier molecular flexibility index (Phi) is 20.7. The number of methoxy groups -OCH3 is 1. The first-order valence-corrected chi connectivity index (χ1v) is 10.00. The molecule has 0 N–H and O–H groups in total. The number of alkyl halides is 3. The average molecular weight is 397 g/mol. The molecule has 0 aliphatic carbocycles. The zero-order valence-corrected chi connectivity index (χ0v) is 18.8. The zero-order chi connectivity index (χ0) is 22.0. The van der Waals surface area contributed by atoms with Crippen LogP contribution in [0.2, 0.25) is 0 Å². The van der Waals surface area contributed by atoms with Crippen LogP contribution in [0.4, 0.5) is 13.2 Å². The van der Waals surface area contributed by atoms with E-state index >= 15 is 0 Å². The molecule has 0 bridgehead atoms. The highest BCUT2D eigenvalue weighted by Crippen LogP contribution is 2.28. The molecule has 0 rings (SSSR count). The minimum Gasteiger partial charge on any atom is -0.501 e. The first-order chi connectivity index (χ1) is 12.5. The van der Waals surface area contributed by atoms with Crippen molar-refractivity contribution in [3.8, 4) is 0 Å². The summed E-state index contributed by atoms with van der Waals surface area (Å²) in [5.74, 6) is -1.75. The molecule has 0 heterocycles. The van der Waals surface area contributed by atoms with Crippen molar-refractivity contribution in [2.45, 2.75) is 80.1 Å². The van der Waals surface area contributed by atoms with Gasteiger partial charge in [-0.1, -0.05) is 60.6 Å². The van der Waals surface area contributed by atoms with Crippen molar-refractivity contribution in [2.75, 3.05) is 20.4 Å². The predicted molar refractivity (Wildman–Crippen MR) is 111 cm³/mol. The van der Waals surface area contributed by atoms with Gasteiger partial charge in [-0.3, -0.25) is 4.39 Å². The van der Waals surface area contributed by atoms with Crippen LogP contribution in [0, 0.1) is 17.8 Å². The summed E-state index contributed by atoms with van der Waals surface area (Å²) >= 11 is 0. The molecule has 0 aliphatic rings. The van der Waals surface area contributed by atoms with Crippen LogP contribution in [0.25, 0.3) is 0 Å². The molecule has 0 aliphatic heterocycles. The maximum Gasteiger partial charge on any atom is 0.247 e. The molecular formula is C22H43F3O2. The van der Waals surface area contributed by atoms with E-state index in [0.717, 1.165) is 19.8 Å². The lowest BCUT2D eigenvalue weighted by atomic mass is 9.93. The first-order valence-electron chi connectivity index (χ1n) is 10.00. The summed E-state index contributed by atoms with van der Waals surface area (Å²) in [6, 6.07) is 0. The second-order valence-electron chi connectivity index (χ2n) is 6.65. The van der Waals surface area contributed by atoms with E-state index in [0.29, 0.717) is 36.9 Å². The second-order valence-corrected chi connectivity index (χ2v) is 6.65. The SMILES string of the molecule is C=C(CC(CF)C(=C)OC)OCC.CC.CCC(C)CCC(C)C(C)(F)F. The Morgan fingerprint density at radius 2 is 1.59 bits per heavy atom. The van der Waals surface area contributed by atoms with Gasteiger partial charge in [0, 0.05) is 12.3 Å². The summed E-state index contributed by atoms with van der Waals surface area (Å²) in [4.78, 5) is 0. The Morgan fingerprint density at radius 1 is 1.07 bits per heavy atom. The van der Waals surface area contributed by atoms with Gasteiger partial charge in [-0.2, -0.15) is 0 Å². The van der Waals surface area contributed by atoms with Gasteiger partial charge in [0.05, 0.1) is 37.8 Å². The molecule has 0 amide bonds. The third-order valence-electron chi connectivity index (χ3n) is 4.38. The largest absolute Gasteiger partial charge is 0.501 e. The van der Waals surface area contributed by atoms with Crippen molar-refractivity contribution in [1.82, 2.24) is 0 Å². The van der Waals surface area contributed by atoms with Gasteiger partial charge in [0.15, 0.2) is 0 Å². The fraction of sp³-hybridized carbons (Fsp3) is 0.818. The number of ether oxygens (including phenoxy) is 2. The van der Waals surface area contributed by atoms with Crippen molar-refractivity contribution in [3.05, 3.63) is 24.7 Å². The summed E-state index contributed by atoms with van der Waals surface area (Å²) in [7, 11) is 1.48. The molecule has 0 fully saturated rings. The summed E-state index contributed by atoms with van der Waals surface area (Å²) in [6.45, 7) is 20.0. The lowest BCUT2D eigenvalue weighted by Gasteiger charge is -2.20. The van der Waals surface area contributed by atoms with Crippen molar-refractivity contribution < 1.29 is 22.6 Å². The van der Waals surface area contributed by atoms with Gasteiger partial charge < -0.3 is 9.47 Å². The molecule has 164 valence electrons. The Bertz CT molecular complexity index is 365. The van der Waals surface area contributed by atoms with Gasteiger partial charge in [0.2, 0.25) is 5.92 Å². The number of halogens is 3. The van der Waals surface area contributed by atoms with Crippen LogP contribution < -0.4 is 0 Å². The monoisotopic (exact) mass is 396 g/mol. The Labute approximate surface area is 166 Å². The summed E-state index contributed by atoms with van der Waals surface area (Å²) in [5, 5.41) is 0. The highest BCUT2D eigenvalue weighted by Gasteiger charge is 2.29. The standard InChI is InChI=1S/C10H20F2.C10H17FO2.C2H6/c1-5-8(2)6-7-9(3)10(4,11)12;1-5-13-8(2)6-10(7-11)9(3)12-4;1-2/h8-9H,5-7H2,1-4H3;10H,2-3,5-7H2,1,4H3;1-2H3. The number of rotatable bonds is 12.